The van der Waals surface area contributed by atoms with Gasteiger partial charge in [0.2, 0.25) is 0 Å². The van der Waals surface area contributed by atoms with Crippen molar-refractivity contribution in [1.82, 2.24) is 15.2 Å². The van der Waals surface area contributed by atoms with E-state index in [1.165, 1.54) is 5.20 Å². The molecule has 1 aliphatic rings. The van der Waals surface area contributed by atoms with Crippen LogP contribution in [0.25, 0.3) is 16.6 Å². The number of aromatic nitrogens is 3. The molecule has 0 amide bonds. The minimum absolute atomic E-state index is 0.189. The minimum Gasteiger partial charge on any atom is -0.273 e. The van der Waals surface area contributed by atoms with Gasteiger partial charge in [-0.25, -0.2) is 0 Å². The van der Waals surface area contributed by atoms with E-state index in [1.54, 1.807) is 12.3 Å². The van der Waals surface area contributed by atoms with Crippen molar-refractivity contribution >= 4 is 13.3 Å². The number of halogens is 3. The zero-order valence-corrected chi connectivity index (χ0v) is 13.1. The molecule has 0 unspecified atom stereocenters. The van der Waals surface area contributed by atoms with Crippen LogP contribution < -0.4 is 0 Å². The first-order chi connectivity index (χ1) is 10.3. The van der Waals surface area contributed by atoms with Crippen LogP contribution in [0.4, 0.5) is 13.2 Å². The van der Waals surface area contributed by atoms with Crippen LogP contribution in [0.5, 0.6) is 0 Å². The number of nitrogens with zero attached hydrogens (tertiary/aromatic N) is 2. The molecular formula is C15H14F3N3Si. The van der Waals surface area contributed by atoms with E-state index < -0.39 is 19.9 Å². The molecule has 0 spiro atoms. The fourth-order valence-electron chi connectivity index (χ4n) is 2.46. The van der Waals surface area contributed by atoms with E-state index in [0.717, 1.165) is 11.6 Å². The molecule has 0 atom stereocenters. The highest BCUT2D eigenvalue weighted by Crippen LogP contribution is 2.32. The topological polar surface area (TPSA) is 41.6 Å². The van der Waals surface area contributed by atoms with Crippen LogP contribution in [0.2, 0.25) is 13.1 Å². The molecule has 7 heteroatoms. The smallest absolute Gasteiger partial charge is 0.273 e. The second kappa shape index (κ2) is 4.94. The molecule has 1 N–H and O–H groups in total. The van der Waals surface area contributed by atoms with Gasteiger partial charge in [-0.15, -0.1) is 0 Å². The summed E-state index contributed by atoms with van der Waals surface area (Å²) in [5.41, 5.74) is 2.98. The van der Waals surface area contributed by atoms with E-state index in [4.69, 9.17) is 0 Å². The summed E-state index contributed by atoms with van der Waals surface area (Å²) in [6, 6.07) is 4.56. The molecule has 1 aliphatic heterocycles. The van der Waals surface area contributed by atoms with Gasteiger partial charge in [0.05, 0.1) is 5.69 Å². The molecule has 3 nitrogen and oxygen atoms in total. The van der Waals surface area contributed by atoms with Gasteiger partial charge in [-0.05, 0) is 22.9 Å². The summed E-state index contributed by atoms with van der Waals surface area (Å²) < 4.78 is 37.7. The molecule has 2 aromatic rings. The Balaban J connectivity index is 1.88. The molecule has 22 heavy (non-hydrogen) atoms. The third-order valence-corrected chi connectivity index (χ3v) is 6.56. The first kappa shape index (κ1) is 14.8. The lowest BCUT2D eigenvalue weighted by Gasteiger charge is -2.18. The average Bonchev–Trinajstić information content (AvgIpc) is 3.05. The Bertz CT molecular complexity index is 755. The largest absolute Gasteiger partial charge is 0.432 e. The van der Waals surface area contributed by atoms with E-state index in [9.17, 15) is 13.2 Å². The number of hydrogen-bond acceptors (Lipinski definition) is 2. The Morgan fingerprint density at radius 2 is 1.91 bits per heavy atom. The quantitative estimate of drug-likeness (QED) is 0.841. The molecule has 0 aromatic carbocycles. The summed E-state index contributed by atoms with van der Waals surface area (Å²) >= 11 is 0. The molecule has 0 aliphatic carbocycles. The second-order valence-electron chi connectivity index (χ2n) is 5.76. The summed E-state index contributed by atoms with van der Waals surface area (Å²) in [6.45, 7) is 4.47. The highest BCUT2D eigenvalue weighted by Gasteiger charge is 2.33. The first-order valence-electron chi connectivity index (χ1n) is 6.77. The van der Waals surface area contributed by atoms with E-state index in [-0.39, 0.29) is 5.69 Å². The van der Waals surface area contributed by atoms with Crippen molar-refractivity contribution in [1.29, 1.82) is 0 Å². The van der Waals surface area contributed by atoms with Gasteiger partial charge < -0.3 is 0 Å². The summed E-state index contributed by atoms with van der Waals surface area (Å²) in [5, 5.41) is 6.95. The first-order valence-corrected chi connectivity index (χ1v) is 9.84. The summed E-state index contributed by atoms with van der Waals surface area (Å²) in [6.07, 6.45) is 1.41. The fraction of sp³-hybridized carbons (Fsp3) is 0.200. The van der Waals surface area contributed by atoms with Crippen LogP contribution in [0.3, 0.4) is 0 Å². The third-order valence-electron chi connectivity index (χ3n) is 3.69. The normalized spacial score (nSPS) is 16.9. The molecular weight excluding hydrogens is 307 g/mol. The van der Waals surface area contributed by atoms with Crippen molar-refractivity contribution in [3.63, 3.8) is 0 Å². The molecule has 3 rings (SSSR count). The molecule has 2 aromatic heterocycles. The zero-order chi connectivity index (χ0) is 16.0. The molecule has 0 radical (unpaired) electrons. The van der Waals surface area contributed by atoms with Gasteiger partial charge in [0.1, 0.15) is 19.5 Å². The van der Waals surface area contributed by atoms with Crippen LogP contribution in [0, 0.1) is 0 Å². The predicted octanol–water partition coefficient (Wildman–Crippen LogP) is 4.23. The highest BCUT2D eigenvalue weighted by atomic mass is 28.3. The maximum atomic E-state index is 12.6. The van der Waals surface area contributed by atoms with Crippen LogP contribution in [0.1, 0.15) is 11.3 Å². The SMILES string of the molecule is C[Si]1(C)C=CC=C1c1ccc(-c2cc(C(F)(F)F)[nH]n2)nc1. The van der Waals surface area contributed by atoms with E-state index in [2.05, 4.69) is 41.0 Å². The van der Waals surface area contributed by atoms with Crippen molar-refractivity contribution in [3.05, 3.63) is 53.5 Å². The number of nitrogens with one attached hydrogen (secondary N) is 1. The fourth-order valence-corrected chi connectivity index (χ4v) is 4.64. The van der Waals surface area contributed by atoms with Crippen LogP contribution >= 0.6 is 0 Å². The van der Waals surface area contributed by atoms with Gasteiger partial charge in [0.15, 0.2) is 0 Å². The number of H-pyrrole nitrogens is 1. The maximum absolute atomic E-state index is 12.6. The monoisotopic (exact) mass is 321 g/mol. The van der Waals surface area contributed by atoms with Gasteiger partial charge >= 0.3 is 6.18 Å². The van der Waals surface area contributed by atoms with Crippen molar-refractivity contribution in [2.45, 2.75) is 19.3 Å². The Labute approximate surface area is 126 Å². The average molecular weight is 321 g/mol. The molecule has 0 fully saturated rings. The molecule has 114 valence electrons. The summed E-state index contributed by atoms with van der Waals surface area (Å²) in [7, 11) is -1.56. The predicted molar refractivity (Wildman–Crippen MR) is 81.4 cm³/mol. The summed E-state index contributed by atoms with van der Waals surface area (Å²) in [4.78, 5) is 4.26. The van der Waals surface area contributed by atoms with Gasteiger partial charge in [-0.3, -0.25) is 10.1 Å². The van der Waals surface area contributed by atoms with Crippen LogP contribution in [-0.2, 0) is 6.18 Å². The van der Waals surface area contributed by atoms with E-state index in [1.807, 2.05) is 11.2 Å². The van der Waals surface area contributed by atoms with Gasteiger partial charge in [0.25, 0.3) is 0 Å². The van der Waals surface area contributed by atoms with Gasteiger partial charge in [-0.1, -0.05) is 37.0 Å². The highest BCUT2D eigenvalue weighted by molar-refractivity contribution is 6.99. The Morgan fingerprint density at radius 3 is 2.41 bits per heavy atom. The maximum Gasteiger partial charge on any atom is 0.432 e. The zero-order valence-electron chi connectivity index (χ0n) is 12.1. The summed E-state index contributed by atoms with van der Waals surface area (Å²) in [5.74, 6) is 0. The number of alkyl halides is 3. The van der Waals surface area contributed by atoms with Crippen LogP contribution in [-0.4, -0.2) is 23.3 Å². The molecule has 3 heterocycles. The van der Waals surface area contributed by atoms with Crippen molar-refractivity contribution < 1.29 is 13.2 Å². The number of pyridine rings is 1. The molecule has 0 saturated heterocycles. The van der Waals surface area contributed by atoms with Crippen molar-refractivity contribution in [2.24, 2.45) is 0 Å². The second-order valence-corrected chi connectivity index (χ2v) is 10.1. The van der Waals surface area contributed by atoms with E-state index in [0.29, 0.717) is 5.69 Å². The van der Waals surface area contributed by atoms with Gasteiger partial charge in [-0.2, -0.15) is 18.3 Å². The number of rotatable bonds is 2. The number of aromatic amines is 1. The lowest BCUT2D eigenvalue weighted by molar-refractivity contribution is -0.141. The van der Waals surface area contributed by atoms with Crippen LogP contribution in [0.15, 0.2) is 42.2 Å². The molecule has 0 bridgehead atoms. The number of hydrogen-bond donors (Lipinski definition) is 1. The lowest BCUT2D eigenvalue weighted by Crippen LogP contribution is -2.22. The lowest BCUT2D eigenvalue weighted by atomic mass is 10.2. The number of allylic oxidation sites excluding steroid dienone is 2. The van der Waals surface area contributed by atoms with Crippen molar-refractivity contribution in [2.75, 3.05) is 0 Å². The standard InChI is InChI=1S/C15H14F3N3Si/c1-22(2)7-3-4-13(22)10-5-6-11(19-9-10)12-8-14(21-20-12)15(16,17)18/h3-9H,1-2H3,(H,20,21). The molecule has 0 saturated carbocycles. The Hall–Kier alpha value is -2.15. The minimum atomic E-state index is -4.43. The Morgan fingerprint density at radius 1 is 1.14 bits per heavy atom. The van der Waals surface area contributed by atoms with Gasteiger partial charge in [0, 0.05) is 6.20 Å². The van der Waals surface area contributed by atoms with Crippen molar-refractivity contribution in [3.8, 4) is 11.4 Å². The third kappa shape index (κ3) is 2.63. The van der Waals surface area contributed by atoms with E-state index >= 15 is 0 Å². The Kier molecular flexibility index (Phi) is 3.32.